The SMILES string of the molecule is CCC(=O)Nc1cccc(NS(=O)(=O)c2cnc(C)[nH]2)c1. The van der Waals surface area contributed by atoms with E-state index in [-0.39, 0.29) is 10.9 Å². The van der Waals surface area contributed by atoms with Crippen LogP contribution in [-0.4, -0.2) is 24.3 Å². The Hall–Kier alpha value is -2.35. The highest BCUT2D eigenvalue weighted by molar-refractivity contribution is 7.92. The van der Waals surface area contributed by atoms with Gasteiger partial charge in [-0.25, -0.2) is 4.98 Å². The summed E-state index contributed by atoms with van der Waals surface area (Å²) in [5.74, 6) is 0.374. The van der Waals surface area contributed by atoms with Crippen molar-refractivity contribution in [3.63, 3.8) is 0 Å². The zero-order chi connectivity index (χ0) is 15.5. The molecule has 0 fully saturated rings. The van der Waals surface area contributed by atoms with E-state index in [1.54, 1.807) is 38.1 Å². The number of sulfonamides is 1. The maximum absolute atomic E-state index is 12.1. The Labute approximate surface area is 122 Å². The Morgan fingerprint density at radius 1 is 1.33 bits per heavy atom. The van der Waals surface area contributed by atoms with Crippen LogP contribution < -0.4 is 10.0 Å². The van der Waals surface area contributed by atoms with Crippen LogP contribution in [0.2, 0.25) is 0 Å². The summed E-state index contributed by atoms with van der Waals surface area (Å²) >= 11 is 0. The van der Waals surface area contributed by atoms with E-state index in [4.69, 9.17) is 0 Å². The van der Waals surface area contributed by atoms with Gasteiger partial charge in [0.15, 0.2) is 5.03 Å². The fourth-order valence-electron chi connectivity index (χ4n) is 1.65. The average Bonchev–Trinajstić information content (AvgIpc) is 2.86. The van der Waals surface area contributed by atoms with Crippen LogP contribution in [0, 0.1) is 6.92 Å². The molecule has 2 aromatic rings. The second kappa shape index (κ2) is 5.96. The van der Waals surface area contributed by atoms with Crippen molar-refractivity contribution < 1.29 is 13.2 Å². The van der Waals surface area contributed by atoms with Gasteiger partial charge in [-0.05, 0) is 25.1 Å². The fraction of sp³-hybridized carbons (Fsp3) is 0.231. The minimum absolute atomic E-state index is 0.0111. The molecule has 0 atom stereocenters. The number of hydrogen-bond acceptors (Lipinski definition) is 4. The van der Waals surface area contributed by atoms with Gasteiger partial charge >= 0.3 is 0 Å². The highest BCUT2D eigenvalue weighted by atomic mass is 32.2. The molecular weight excluding hydrogens is 292 g/mol. The van der Waals surface area contributed by atoms with E-state index in [1.807, 2.05) is 0 Å². The molecule has 0 saturated heterocycles. The maximum Gasteiger partial charge on any atom is 0.278 e. The van der Waals surface area contributed by atoms with Crippen LogP contribution in [0.25, 0.3) is 0 Å². The van der Waals surface area contributed by atoms with Crippen molar-refractivity contribution >= 4 is 27.3 Å². The van der Waals surface area contributed by atoms with Gasteiger partial charge in [-0.3, -0.25) is 9.52 Å². The molecule has 21 heavy (non-hydrogen) atoms. The van der Waals surface area contributed by atoms with E-state index >= 15 is 0 Å². The monoisotopic (exact) mass is 308 g/mol. The molecule has 112 valence electrons. The molecule has 0 aliphatic rings. The number of aryl methyl sites for hydroxylation is 1. The second-order valence-corrected chi connectivity index (χ2v) is 6.07. The first-order valence-electron chi connectivity index (χ1n) is 6.35. The van der Waals surface area contributed by atoms with E-state index < -0.39 is 10.0 Å². The Morgan fingerprint density at radius 3 is 2.67 bits per heavy atom. The molecule has 0 saturated carbocycles. The van der Waals surface area contributed by atoms with Crippen LogP contribution in [0.3, 0.4) is 0 Å². The lowest BCUT2D eigenvalue weighted by atomic mass is 10.3. The smallest absolute Gasteiger partial charge is 0.278 e. The van der Waals surface area contributed by atoms with Gasteiger partial charge in [0.05, 0.1) is 11.9 Å². The lowest BCUT2D eigenvalue weighted by Crippen LogP contribution is -2.14. The van der Waals surface area contributed by atoms with Crippen molar-refractivity contribution in [2.45, 2.75) is 25.3 Å². The molecule has 8 heteroatoms. The predicted molar refractivity (Wildman–Crippen MR) is 79.5 cm³/mol. The summed E-state index contributed by atoms with van der Waals surface area (Å²) in [6.45, 7) is 3.41. The van der Waals surface area contributed by atoms with Gasteiger partial charge in [0.2, 0.25) is 5.91 Å². The van der Waals surface area contributed by atoms with Crippen molar-refractivity contribution in [3.05, 3.63) is 36.3 Å². The summed E-state index contributed by atoms with van der Waals surface area (Å²) in [6, 6.07) is 6.49. The summed E-state index contributed by atoms with van der Waals surface area (Å²) in [4.78, 5) is 17.9. The van der Waals surface area contributed by atoms with Gasteiger partial charge in [-0.2, -0.15) is 8.42 Å². The number of hydrogen-bond donors (Lipinski definition) is 3. The molecule has 0 aliphatic carbocycles. The number of nitrogens with one attached hydrogen (secondary N) is 3. The molecule has 3 N–H and O–H groups in total. The number of imidazole rings is 1. The van der Waals surface area contributed by atoms with Gasteiger partial charge < -0.3 is 10.3 Å². The topological polar surface area (TPSA) is 104 Å². The number of carbonyl (C=O) groups is 1. The van der Waals surface area contributed by atoms with E-state index in [2.05, 4.69) is 20.0 Å². The summed E-state index contributed by atoms with van der Waals surface area (Å²) in [5, 5.41) is 2.66. The number of carbonyl (C=O) groups excluding carboxylic acids is 1. The Morgan fingerprint density at radius 2 is 2.05 bits per heavy atom. The molecule has 1 aromatic carbocycles. The summed E-state index contributed by atoms with van der Waals surface area (Å²) in [5.41, 5.74) is 0.888. The van der Waals surface area contributed by atoms with Crippen LogP contribution in [0.15, 0.2) is 35.5 Å². The Balaban J connectivity index is 2.19. The van der Waals surface area contributed by atoms with Crippen LogP contribution in [0.5, 0.6) is 0 Å². The van der Waals surface area contributed by atoms with Gasteiger partial charge in [-0.1, -0.05) is 13.0 Å². The molecule has 7 nitrogen and oxygen atoms in total. The van der Waals surface area contributed by atoms with Gasteiger partial charge in [0, 0.05) is 12.1 Å². The first-order chi connectivity index (χ1) is 9.90. The number of aromatic nitrogens is 2. The molecule has 0 bridgehead atoms. The van der Waals surface area contributed by atoms with E-state index in [9.17, 15) is 13.2 Å². The van der Waals surface area contributed by atoms with Gasteiger partial charge in [-0.15, -0.1) is 0 Å². The number of anilines is 2. The lowest BCUT2D eigenvalue weighted by molar-refractivity contribution is -0.115. The normalized spacial score (nSPS) is 11.1. The number of amides is 1. The average molecular weight is 308 g/mol. The first kappa shape index (κ1) is 15.0. The summed E-state index contributed by atoms with van der Waals surface area (Å²) < 4.78 is 26.7. The molecule has 0 unspecified atom stereocenters. The molecule has 1 heterocycles. The van der Waals surface area contributed by atoms with E-state index in [0.29, 0.717) is 23.6 Å². The molecule has 0 aliphatic heterocycles. The fourth-order valence-corrected chi connectivity index (χ4v) is 2.68. The standard InChI is InChI=1S/C13H16N4O3S/c1-3-12(18)16-10-5-4-6-11(7-10)17-21(19,20)13-8-14-9(2)15-13/h4-8,17H,3H2,1-2H3,(H,14,15)(H,16,18). The maximum atomic E-state index is 12.1. The number of aromatic amines is 1. The third kappa shape index (κ3) is 3.82. The van der Waals surface area contributed by atoms with Crippen molar-refractivity contribution in [1.29, 1.82) is 0 Å². The van der Waals surface area contributed by atoms with Crippen LogP contribution in [0.1, 0.15) is 19.2 Å². The lowest BCUT2D eigenvalue weighted by Gasteiger charge is -2.09. The number of H-pyrrole nitrogens is 1. The second-order valence-electron chi connectivity index (χ2n) is 4.42. The van der Waals surface area contributed by atoms with Gasteiger partial charge in [0.1, 0.15) is 5.82 Å². The van der Waals surface area contributed by atoms with Crippen molar-refractivity contribution in [2.24, 2.45) is 0 Å². The highest BCUT2D eigenvalue weighted by Gasteiger charge is 2.16. The van der Waals surface area contributed by atoms with Crippen LogP contribution in [-0.2, 0) is 14.8 Å². The largest absolute Gasteiger partial charge is 0.332 e. The van der Waals surface area contributed by atoms with Crippen molar-refractivity contribution in [3.8, 4) is 0 Å². The van der Waals surface area contributed by atoms with Crippen LogP contribution >= 0.6 is 0 Å². The number of nitrogens with zero attached hydrogens (tertiary/aromatic N) is 1. The molecule has 0 spiro atoms. The minimum atomic E-state index is -3.72. The van der Waals surface area contributed by atoms with Crippen molar-refractivity contribution in [2.75, 3.05) is 10.0 Å². The van der Waals surface area contributed by atoms with E-state index in [1.165, 1.54) is 6.20 Å². The summed E-state index contributed by atoms with van der Waals surface area (Å²) in [6.07, 6.45) is 1.60. The van der Waals surface area contributed by atoms with E-state index in [0.717, 1.165) is 0 Å². The number of benzene rings is 1. The first-order valence-corrected chi connectivity index (χ1v) is 7.83. The molecular formula is C13H16N4O3S. The number of rotatable bonds is 5. The highest BCUT2D eigenvalue weighted by Crippen LogP contribution is 2.18. The molecule has 2 rings (SSSR count). The molecule has 0 radical (unpaired) electrons. The van der Waals surface area contributed by atoms with Crippen LogP contribution in [0.4, 0.5) is 11.4 Å². The third-order valence-electron chi connectivity index (χ3n) is 2.69. The van der Waals surface area contributed by atoms with Gasteiger partial charge in [0.25, 0.3) is 10.0 Å². The zero-order valence-electron chi connectivity index (χ0n) is 11.7. The quantitative estimate of drug-likeness (QED) is 0.784. The Bertz CT molecular complexity index is 752. The zero-order valence-corrected chi connectivity index (χ0v) is 12.5. The minimum Gasteiger partial charge on any atom is -0.332 e. The summed E-state index contributed by atoms with van der Waals surface area (Å²) in [7, 11) is -3.72. The predicted octanol–water partition coefficient (Wildman–Crippen LogP) is 1.87. The third-order valence-corrected chi connectivity index (χ3v) is 3.98. The van der Waals surface area contributed by atoms with Crippen molar-refractivity contribution in [1.82, 2.24) is 9.97 Å². The Kier molecular flexibility index (Phi) is 4.27. The molecule has 1 aromatic heterocycles. The molecule has 1 amide bonds.